The molecule has 0 spiro atoms. The van der Waals surface area contributed by atoms with Crippen molar-refractivity contribution in [3.63, 3.8) is 0 Å². The van der Waals surface area contributed by atoms with Gasteiger partial charge in [0.1, 0.15) is 5.75 Å². The van der Waals surface area contributed by atoms with Gasteiger partial charge >= 0.3 is 0 Å². The second kappa shape index (κ2) is 8.10. The number of anilines is 1. The highest BCUT2D eigenvalue weighted by atomic mass is 32.2. The fourth-order valence-corrected chi connectivity index (χ4v) is 4.23. The molecule has 2 aromatic rings. The van der Waals surface area contributed by atoms with Gasteiger partial charge in [0.2, 0.25) is 10.0 Å². The summed E-state index contributed by atoms with van der Waals surface area (Å²) >= 11 is 0. The first-order valence-electron chi connectivity index (χ1n) is 9.07. The van der Waals surface area contributed by atoms with E-state index in [1.54, 1.807) is 25.1 Å². The molecule has 0 bridgehead atoms. The van der Waals surface area contributed by atoms with Crippen molar-refractivity contribution in [2.45, 2.75) is 26.8 Å². The van der Waals surface area contributed by atoms with Crippen molar-refractivity contribution in [1.82, 2.24) is 4.31 Å². The number of ether oxygens (including phenoxy) is 1. The SMILES string of the molecule is CCOc1ccccc1C(=O)Nc1ccc2c(c1)CN(S(=O)(=O)CC)CC2. The molecule has 0 fully saturated rings. The Bertz CT molecular complexity index is 941. The summed E-state index contributed by atoms with van der Waals surface area (Å²) in [4.78, 5) is 12.7. The van der Waals surface area contributed by atoms with Gasteiger partial charge in [0, 0.05) is 18.8 Å². The van der Waals surface area contributed by atoms with E-state index in [0.717, 1.165) is 11.1 Å². The number of amides is 1. The van der Waals surface area contributed by atoms with Gasteiger partial charge in [-0.3, -0.25) is 4.79 Å². The predicted octanol–water partition coefficient (Wildman–Crippen LogP) is 3.05. The van der Waals surface area contributed by atoms with E-state index in [-0.39, 0.29) is 11.7 Å². The molecule has 1 aliphatic heterocycles. The fourth-order valence-electron chi connectivity index (χ4n) is 3.16. The van der Waals surface area contributed by atoms with Crippen LogP contribution in [-0.2, 0) is 23.0 Å². The Kier molecular flexibility index (Phi) is 5.82. The molecule has 1 N–H and O–H groups in total. The van der Waals surface area contributed by atoms with E-state index < -0.39 is 10.0 Å². The monoisotopic (exact) mass is 388 g/mol. The van der Waals surface area contributed by atoms with Crippen LogP contribution in [0.1, 0.15) is 35.3 Å². The standard InChI is InChI=1S/C20H24N2O4S/c1-3-26-19-8-6-5-7-18(19)20(23)21-17-10-9-15-11-12-22(14-16(15)13-17)27(24,25)4-2/h5-10,13H,3-4,11-12,14H2,1-2H3,(H,21,23). The van der Waals surface area contributed by atoms with Crippen LogP contribution >= 0.6 is 0 Å². The first-order valence-corrected chi connectivity index (χ1v) is 10.7. The van der Waals surface area contributed by atoms with Crippen LogP contribution in [0.3, 0.4) is 0 Å². The summed E-state index contributed by atoms with van der Waals surface area (Å²) in [6.45, 7) is 4.83. The summed E-state index contributed by atoms with van der Waals surface area (Å²) in [7, 11) is -3.23. The van der Waals surface area contributed by atoms with Crippen molar-refractivity contribution >= 4 is 21.6 Å². The van der Waals surface area contributed by atoms with Gasteiger partial charge in [-0.2, -0.15) is 4.31 Å². The van der Waals surface area contributed by atoms with Crippen molar-refractivity contribution in [2.75, 3.05) is 24.2 Å². The molecule has 0 aromatic heterocycles. The van der Waals surface area contributed by atoms with Crippen LogP contribution in [0.2, 0.25) is 0 Å². The molecule has 144 valence electrons. The first kappa shape index (κ1) is 19.4. The minimum Gasteiger partial charge on any atom is -0.493 e. The lowest BCUT2D eigenvalue weighted by Crippen LogP contribution is -2.36. The zero-order chi connectivity index (χ0) is 19.4. The molecular weight excluding hydrogens is 364 g/mol. The topological polar surface area (TPSA) is 75.7 Å². The van der Waals surface area contributed by atoms with Crippen molar-refractivity contribution < 1.29 is 17.9 Å². The van der Waals surface area contributed by atoms with Crippen LogP contribution < -0.4 is 10.1 Å². The van der Waals surface area contributed by atoms with Gasteiger partial charge in [-0.25, -0.2) is 8.42 Å². The van der Waals surface area contributed by atoms with Gasteiger partial charge < -0.3 is 10.1 Å². The fraction of sp³-hybridized carbons (Fsp3) is 0.350. The maximum Gasteiger partial charge on any atom is 0.259 e. The minimum absolute atomic E-state index is 0.0903. The number of carbonyl (C=O) groups excluding carboxylic acids is 1. The number of rotatable bonds is 6. The summed E-state index contributed by atoms with van der Waals surface area (Å²) in [5.74, 6) is 0.371. The average molecular weight is 388 g/mol. The van der Waals surface area contributed by atoms with Crippen molar-refractivity contribution in [3.8, 4) is 5.75 Å². The van der Waals surface area contributed by atoms with Gasteiger partial charge in [-0.15, -0.1) is 0 Å². The summed E-state index contributed by atoms with van der Waals surface area (Å²) in [5.41, 5.74) is 3.15. The van der Waals surface area contributed by atoms with E-state index in [1.807, 2.05) is 31.2 Å². The van der Waals surface area contributed by atoms with Crippen LogP contribution in [0.4, 0.5) is 5.69 Å². The molecule has 0 aliphatic carbocycles. The maximum atomic E-state index is 12.7. The molecule has 27 heavy (non-hydrogen) atoms. The number of fused-ring (bicyclic) bond motifs is 1. The Hall–Kier alpha value is -2.38. The third-order valence-corrected chi connectivity index (χ3v) is 6.46. The molecule has 1 aliphatic rings. The Morgan fingerprint density at radius 2 is 1.93 bits per heavy atom. The van der Waals surface area contributed by atoms with Crippen LogP contribution in [0.25, 0.3) is 0 Å². The van der Waals surface area contributed by atoms with Gasteiger partial charge in [0.05, 0.1) is 17.9 Å². The Morgan fingerprint density at radius 1 is 1.15 bits per heavy atom. The number of nitrogens with one attached hydrogen (secondary N) is 1. The Balaban J connectivity index is 1.80. The van der Waals surface area contributed by atoms with Crippen LogP contribution in [0.15, 0.2) is 42.5 Å². The quantitative estimate of drug-likeness (QED) is 0.825. The molecule has 0 radical (unpaired) electrons. The number of sulfonamides is 1. The number of hydrogen-bond acceptors (Lipinski definition) is 4. The summed E-state index contributed by atoms with van der Waals surface area (Å²) in [5, 5.41) is 2.89. The van der Waals surface area contributed by atoms with Crippen LogP contribution in [0.5, 0.6) is 5.75 Å². The lowest BCUT2D eigenvalue weighted by molar-refractivity contribution is 0.102. The molecule has 7 heteroatoms. The molecule has 1 heterocycles. The average Bonchev–Trinajstić information content (AvgIpc) is 2.68. The van der Waals surface area contributed by atoms with Gasteiger partial charge in [-0.05, 0) is 55.7 Å². The third kappa shape index (κ3) is 4.31. The molecule has 3 rings (SSSR count). The highest BCUT2D eigenvalue weighted by Crippen LogP contribution is 2.26. The van der Waals surface area contributed by atoms with E-state index in [4.69, 9.17) is 4.74 Å². The molecular formula is C20H24N2O4S. The van der Waals surface area contributed by atoms with Crippen molar-refractivity contribution in [2.24, 2.45) is 0 Å². The zero-order valence-electron chi connectivity index (χ0n) is 15.6. The van der Waals surface area contributed by atoms with E-state index in [0.29, 0.717) is 43.1 Å². The number of para-hydroxylation sites is 1. The van der Waals surface area contributed by atoms with E-state index in [1.165, 1.54) is 4.31 Å². The highest BCUT2D eigenvalue weighted by molar-refractivity contribution is 7.89. The third-order valence-electron chi connectivity index (χ3n) is 4.63. The molecule has 0 saturated heterocycles. The van der Waals surface area contributed by atoms with Crippen molar-refractivity contribution in [3.05, 3.63) is 59.2 Å². The van der Waals surface area contributed by atoms with Crippen LogP contribution in [0, 0.1) is 0 Å². The summed E-state index contributed by atoms with van der Waals surface area (Å²) < 4.78 is 31.3. The summed E-state index contributed by atoms with van der Waals surface area (Å²) in [6, 6.07) is 12.8. The molecule has 1 amide bonds. The molecule has 2 aromatic carbocycles. The van der Waals surface area contributed by atoms with E-state index >= 15 is 0 Å². The van der Waals surface area contributed by atoms with Gasteiger partial charge in [0.15, 0.2) is 0 Å². The normalized spacial score (nSPS) is 14.4. The molecule has 0 unspecified atom stereocenters. The molecule has 6 nitrogen and oxygen atoms in total. The number of nitrogens with zero attached hydrogens (tertiary/aromatic N) is 1. The zero-order valence-corrected chi connectivity index (χ0v) is 16.4. The van der Waals surface area contributed by atoms with Crippen molar-refractivity contribution in [1.29, 1.82) is 0 Å². The predicted molar refractivity (Wildman–Crippen MR) is 106 cm³/mol. The first-order chi connectivity index (χ1) is 12.9. The van der Waals surface area contributed by atoms with Gasteiger partial charge in [0.25, 0.3) is 5.91 Å². The van der Waals surface area contributed by atoms with Crippen LogP contribution in [-0.4, -0.2) is 37.5 Å². The smallest absolute Gasteiger partial charge is 0.259 e. The van der Waals surface area contributed by atoms with Gasteiger partial charge in [-0.1, -0.05) is 18.2 Å². The Morgan fingerprint density at radius 3 is 2.67 bits per heavy atom. The largest absolute Gasteiger partial charge is 0.493 e. The van der Waals surface area contributed by atoms with E-state index in [9.17, 15) is 13.2 Å². The highest BCUT2D eigenvalue weighted by Gasteiger charge is 2.25. The molecule has 0 atom stereocenters. The minimum atomic E-state index is -3.23. The number of carbonyl (C=O) groups is 1. The maximum absolute atomic E-state index is 12.7. The molecule has 0 saturated carbocycles. The van der Waals surface area contributed by atoms with E-state index in [2.05, 4.69) is 5.32 Å². The lowest BCUT2D eigenvalue weighted by Gasteiger charge is -2.28. The number of benzene rings is 2. The number of hydrogen-bond donors (Lipinski definition) is 1. The second-order valence-electron chi connectivity index (χ2n) is 6.35. The Labute approximate surface area is 160 Å². The second-order valence-corrected chi connectivity index (χ2v) is 8.61. The summed E-state index contributed by atoms with van der Waals surface area (Å²) in [6.07, 6.45) is 0.677. The lowest BCUT2D eigenvalue weighted by atomic mass is 10.0.